The van der Waals surface area contributed by atoms with Gasteiger partial charge < -0.3 is 74.0 Å². The van der Waals surface area contributed by atoms with E-state index in [1.807, 2.05) is 0 Å². The van der Waals surface area contributed by atoms with E-state index >= 15 is 0 Å². The Morgan fingerprint density at radius 3 is 0.935 bits per heavy atom. The first-order valence-corrected chi connectivity index (χ1v) is 31.2. The van der Waals surface area contributed by atoms with E-state index in [2.05, 4.69) is 21.3 Å². The maximum absolute atomic E-state index is 14.4. The Hall–Kier alpha value is -8.87. The number of carboxylic acid groups (broad SMARTS) is 1. The highest BCUT2D eigenvalue weighted by atomic mass is 16.5. The highest BCUT2D eigenvalue weighted by Crippen LogP contribution is 2.27. The lowest BCUT2D eigenvalue weighted by molar-refractivity contribution is -0.139. The van der Waals surface area contributed by atoms with Crippen LogP contribution in [0.3, 0.4) is 0 Å². The number of methoxy groups -OCH3 is 4. The van der Waals surface area contributed by atoms with Gasteiger partial charge in [0.15, 0.2) is 23.1 Å². The predicted molar refractivity (Wildman–Crippen MR) is 349 cm³/mol. The van der Waals surface area contributed by atoms with E-state index in [0.717, 1.165) is 6.42 Å². The Balaban J connectivity index is 1.33. The first-order chi connectivity index (χ1) is 44.3. The maximum atomic E-state index is 14.4. The molecule has 4 amide bonds. The molecule has 0 bridgehead atoms. The summed E-state index contributed by atoms with van der Waals surface area (Å²) in [4.78, 5) is 125. The summed E-state index contributed by atoms with van der Waals surface area (Å²) in [7, 11) is 5.52. The molecule has 5 aromatic carbocycles. The molecule has 0 radical (unpaired) electrons. The zero-order valence-electron chi connectivity index (χ0n) is 53.2. The largest absolute Gasteiger partial charge is 0.496 e. The fourth-order valence-corrected chi connectivity index (χ4v) is 10.6. The number of unbranched alkanes of at least 4 members (excludes halogenated alkanes) is 4. The number of amides is 4. The Morgan fingerprint density at radius 2 is 0.652 bits per heavy atom. The van der Waals surface area contributed by atoms with Gasteiger partial charge in [-0.3, -0.25) is 38.4 Å². The van der Waals surface area contributed by atoms with Crippen molar-refractivity contribution in [2.24, 2.45) is 28.7 Å². The van der Waals surface area contributed by atoms with Crippen molar-refractivity contribution in [3.8, 4) is 23.0 Å². The van der Waals surface area contributed by atoms with Crippen LogP contribution in [0.4, 0.5) is 0 Å². The molecule has 0 spiro atoms. The van der Waals surface area contributed by atoms with E-state index < -0.39 is 71.4 Å². The van der Waals surface area contributed by atoms with Gasteiger partial charge in [-0.2, -0.15) is 0 Å². The highest BCUT2D eigenvalue weighted by molar-refractivity contribution is 6.04. The van der Waals surface area contributed by atoms with Crippen LogP contribution in [-0.2, 0) is 56.1 Å². The van der Waals surface area contributed by atoms with Crippen molar-refractivity contribution in [1.29, 1.82) is 0 Å². The molecular formula is C69H91N9O14. The molecule has 0 saturated carbocycles. The zero-order chi connectivity index (χ0) is 67.1. The second kappa shape index (κ2) is 38.7. The molecule has 0 aliphatic heterocycles. The number of carbonyl (C=O) groups excluding carboxylic acids is 8. The number of aliphatic carboxylic acids is 1. The first kappa shape index (κ1) is 73.9. The van der Waals surface area contributed by atoms with Crippen molar-refractivity contribution >= 4 is 52.7 Å². The molecule has 0 unspecified atom stereocenters. The van der Waals surface area contributed by atoms with Crippen molar-refractivity contribution in [2.75, 3.05) is 54.6 Å². The summed E-state index contributed by atoms with van der Waals surface area (Å²) >= 11 is 0. The van der Waals surface area contributed by atoms with Crippen LogP contribution in [0, 0.1) is 0 Å². The van der Waals surface area contributed by atoms with Crippen LogP contribution >= 0.6 is 0 Å². The van der Waals surface area contributed by atoms with E-state index in [-0.39, 0.29) is 108 Å². The summed E-state index contributed by atoms with van der Waals surface area (Å²) in [5.74, 6) is -4.58. The van der Waals surface area contributed by atoms with Gasteiger partial charge in [0.1, 0.15) is 29.0 Å². The van der Waals surface area contributed by atoms with Gasteiger partial charge in [0.25, 0.3) is 23.6 Å². The quantitative estimate of drug-likeness (QED) is 0.0234. The summed E-state index contributed by atoms with van der Waals surface area (Å²) in [5.41, 5.74) is 31.9. The SMILES string of the molecule is COc1ccc(CC(=O)[C@H](CCCCN)NC(=O)c2cc(CC(=O)[C@@H](N)CCCCN)ccc2OC)cc1C(=O)N[C@@H](CCCCN)C(=O)Cc1ccc(OC)c(C(=O)N[C@@H](CCCCN)C(=O)Cc2ccc(OC)c(C(=O)N[C@H](Cc3ccccc3)C(=O)O)c2)c1. The molecule has 0 aliphatic carbocycles. The summed E-state index contributed by atoms with van der Waals surface area (Å²) in [6.45, 7) is 1.51. The van der Waals surface area contributed by atoms with Crippen LogP contribution in [-0.4, -0.2) is 143 Å². The molecule has 92 heavy (non-hydrogen) atoms. The Morgan fingerprint density at radius 1 is 0.370 bits per heavy atom. The van der Waals surface area contributed by atoms with Gasteiger partial charge in [-0.05, 0) is 173 Å². The monoisotopic (exact) mass is 1270 g/mol. The molecular weight excluding hydrogens is 1180 g/mol. The van der Waals surface area contributed by atoms with Gasteiger partial charge in [-0.25, -0.2) is 4.79 Å². The Kier molecular flexibility index (Phi) is 31.1. The van der Waals surface area contributed by atoms with Gasteiger partial charge in [0.05, 0.1) is 74.9 Å². The van der Waals surface area contributed by atoms with Gasteiger partial charge in [0.2, 0.25) is 0 Å². The van der Waals surface area contributed by atoms with Gasteiger partial charge in [-0.15, -0.1) is 0 Å². The van der Waals surface area contributed by atoms with Crippen LogP contribution in [0.5, 0.6) is 23.0 Å². The summed E-state index contributed by atoms with van der Waals surface area (Å²) < 4.78 is 22.2. The van der Waals surface area contributed by atoms with Crippen molar-refractivity contribution in [3.63, 3.8) is 0 Å². The number of hydrogen-bond acceptors (Lipinski definition) is 18. The third kappa shape index (κ3) is 22.8. The predicted octanol–water partition coefficient (Wildman–Crippen LogP) is 4.83. The number of nitrogens with two attached hydrogens (primary N) is 5. The number of Topliss-reactive ketones (excluding diaryl/α,β-unsaturated/α-hetero) is 4. The number of benzene rings is 5. The van der Waals surface area contributed by atoms with Crippen molar-refractivity contribution in [1.82, 2.24) is 21.3 Å². The number of hydrogen-bond donors (Lipinski definition) is 10. The molecule has 0 aliphatic rings. The van der Waals surface area contributed by atoms with Crippen LogP contribution in [0.2, 0.25) is 0 Å². The summed E-state index contributed by atoms with van der Waals surface area (Å²) in [6.07, 6.45) is 5.02. The molecule has 0 heterocycles. The topological polar surface area (TPSA) is 389 Å². The number of ketones is 4. The van der Waals surface area contributed by atoms with E-state index in [9.17, 15) is 48.3 Å². The maximum Gasteiger partial charge on any atom is 0.326 e. The smallest absolute Gasteiger partial charge is 0.326 e. The number of rotatable bonds is 43. The number of ether oxygens (including phenoxy) is 4. The lowest BCUT2D eigenvalue weighted by Crippen LogP contribution is -2.42. The highest BCUT2D eigenvalue weighted by Gasteiger charge is 2.30. The number of carboxylic acids is 1. The van der Waals surface area contributed by atoms with E-state index in [1.54, 1.807) is 66.7 Å². The zero-order valence-corrected chi connectivity index (χ0v) is 53.2. The molecule has 15 N–H and O–H groups in total. The van der Waals surface area contributed by atoms with Crippen molar-refractivity contribution < 1.29 is 67.2 Å². The lowest BCUT2D eigenvalue weighted by Gasteiger charge is -2.21. The molecule has 23 heteroatoms. The van der Waals surface area contributed by atoms with Gasteiger partial charge >= 0.3 is 5.97 Å². The summed E-state index contributed by atoms with van der Waals surface area (Å²) in [5, 5.41) is 21.2. The van der Waals surface area contributed by atoms with E-state index in [0.29, 0.717) is 105 Å². The molecule has 0 aromatic heterocycles. The Labute approximate surface area is 537 Å². The van der Waals surface area contributed by atoms with Crippen LogP contribution < -0.4 is 68.9 Å². The fourth-order valence-electron chi connectivity index (χ4n) is 10.6. The van der Waals surface area contributed by atoms with Crippen molar-refractivity contribution in [2.45, 2.75) is 139 Å². The average Bonchev–Trinajstić information content (AvgIpc) is 1.23. The minimum absolute atomic E-state index is 0.00519. The van der Waals surface area contributed by atoms with Crippen LogP contribution in [0.1, 0.15) is 146 Å². The normalized spacial score (nSPS) is 12.7. The molecule has 496 valence electrons. The standard InChI is InChI=1S/C69H91N9O14/c1-89-61-26-22-44(39-57(79)52(74)18-8-12-30-70)34-48(61)65(83)75-53(19-9-13-31-71)58(80)40-45-23-27-62(90-2)49(35-45)66(84)76-54(20-10-14-32-72)59(81)41-46-24-28-63(91-3)50(36-46)67(85)77-55(21-11-15-33-73)60(82)42-47-25-29-64(92-4)51(37-47)68(86)78-56(69(87)88)38-43-16-6-5-7-17-43/h5-7,16-17,22-29,34-37,52-56H,8-15,18-21,30-33,38-42,70-74H2,1-4H3,(H,75,83)(H,76,84)(H,77,85)(H,78,86)(H,87,88)/t52-,53-,54-,55-,56+/m0/s1. The van der Waals surface area contributed by atoms with E-state index in [1.165, 1.54) is 64.8 Å². The molecule has 5 aromatic rings. The molecule has 23 nitrogen and oxygen atoms in total. The van der Waals surface area contributed by atoms with Gasteiger partial charge in [-0.1, -0.05) is 61.0 Å². The fraction of sp³-hybridized carbons (Fsp3) is 0.435. The molecule has 0 saturated heterocycles. The first-order valence-electron chi connectivity index (χ1n) is 31.2. The minimum Gasteiger partial charge on any atom is -0.496 e. The second-order valence-corrected chi connectivity index (χ2v) is 22.6. The average molecular weight is 1270 g/mol. The van der Waals surface area contributed by atoms with Crippen LogP contribution in [0.15, 0.2) is 103 Å². The molecule has 0 fully saturated rings. The van der Waals surface area contributed by atoms with Gasteiger partial charge in [0, 0.05) is 32.1 Å². The lowest BCUT2D eigenvalue weighted by atomic mass is 9.95. The minimum atomic E-state index is -1.27. The third-order valence-electron chi connectivity index (χ3n) is 15.7. The second-order valence-electron chi connectivity index (χ2n) is 22.6. The Bertz CT molecular complexity index is 3310. The third-order valence-corrected chi connectivity index (χ3v) is 15.7. The van der Waals surface area contributed by atoms with Crippen LogP contribution in [0.25, 0.3) is 0 Å². The molecule has 5 atom stereocenters. The number of nitrogens with one attached hydrogen (secondary N) is 4. The summed E-state index contributed by atoms with van der Waals surface area (Å²) in [6, 6.07) is 22.4. The number of carbonyl (C=O) groups is 9. The van der Waals surface area contributed by atoms with E-state index in [4.69, 9.17) is 47.6 Å². The van der Waals surface area contributed by atoms with Crippen molar-refractivity contribution in [3.05, 3.63) is 153 Å². The molecule has 5 rings (SSSR count).